The first-order chi connectivity index (χ1) is 7.04. The Hall–Kier alpha value is -1.65. The number of carbonyl (C=O) groups is 1. The van der Waals surface area contributed by atoms with Gasteiger partial charge in [-0.1, -0.05) is 6.92 Å². The Bertz CT molecular complexity index is 366. The van der Waals surface area contributed by atoms with Gasteiger partial charge in [0.25, 0.3) is 0 Å². The molecule has 0 radical (unpaired) electrons. The van der Waals surface area contributed by atoms with Gasteiger partial charge in [0.1, 0.15) is 5.75 Å². The predicted molar refractivity (Wildman–Crippen MR) is 52.1 cm³/mol. The molecular formula is C10H11F2NO2. The number of alkyl halides is 2. The Balaban J connectivity index is 2.93. The number of carbonyl (C=O) groups excluding carboxylic acids is 1. The quantitative estimate of drug-likeness (QED) is 0.620. The van der Waals surface area contributed by atoms with Crippen LogP contribution in [0.2, 0.25) is 0 Å². The lowest BCUT2D eigenvalue weighted by Crippen LogP contribution is -2.05. The summed E-state index contributed by atoms with van der Waals surface area (Å²) in [4.78, 5) is 11.3. The van der Waals surface area contributed by atoms with E-state index >= 15 is 0 Å². The molecule has 0 amide bonds. The molecule has 0 aliphatic heterocycles. The van der Waals surface area contributed by atoms with Gasteiger partial charge in [-0.25, -0.2) is 0 Å². The van der Waals surface area contributed by atoms with E-state index < -0.39 is 6.61 Å². The lowest BCUT2D eigenvalue weighted by molar-refractivity contribution is -0.0497. The van der Waals surface area contributed by atoms with Crippen LogP contribution in [0.4, 0.5) is 14.5 Å². The third-order valence-corrected chi connectivity index (χ3v) is 1.87. The average molecular weight is 215 g/mol. The van der Waals surface area contributed by atoms with Crippen LogP contribution in [0, 0.1) is 0 Å². The maximum absolute atomic E-state index is 11.8. The van der Waals surface area contributed by atoms with Crippen molar-refractivity contribution in [2.45, 2.75) is 20.0 Å². The van der Waals surface area contributed by atoms with Crippen LogP contribution in [-0.2, 0) is 0 Å². The number of nitrogens with two attached hydrogens (primary N) is 1. The first kappa shape index (κ1) is 11.4. The topological polar surface area (TPSA) is 52.3 Å². The molecule has 0 aliphatic rings. The highest BCUT2D eigenvalue weighted by molar-refractivity contribution is 6.00. The summed E-state index contributed by atoms with van der Waals surface area (Å²) in [5.74, 6) is -0.175. The van der Waals surface area contributed by atoms with Gasteiger partial charge in [0.2, 0.25) is 0 Å². The number of Topliss-reactive ketones (excluding diaryl/α,β-unsaturated/α-hetero) is 1. The fourth-order valence-corrected chi connectivity index (χ4v) is 1.16. The van der Waals surface area contributed by atoms with Gasteiger partial charge in [-0.3, -0.25) is 4.79 Å². The molecule has 0 unspecified atom stereocenters. The molecule has 0 saturated heterocycles. The van der Waals surface area contributed by atoms with Crippen LogP contribution in [0.15, 0.2) is 18.2 Å². The zero-order valence-electron chi connectivity index (χ0n) is 8.17. The maximum Gasteiger partial charge on any atom is 0.387 e. The van der Waals surface area contributed by atoms with Gasteiger partial charge in [0.15, 0.2) is 5.78 Å². The van der Waals surface area contributed by atoms with Crippen molar-refractivity contribution in [1.29, 1.82) is 0 Å². The molecule has 0 atom stereocenters. The fourth-order valence-electron chi connectivity index (χ4n) is 1.16. The van der Waals surface area contributed by atoms with E-state index in [1.54, 1.807) is 6.92 Å². The monoisotopic (exact) mass is 215 g/mol. The Morgan fingerprint density at radius 3 is 2.67 bits per heavy atom. The third-order valence-electron chi connectivity index (χ3n) is 1.87. The Morgan fingerprint density at radius 2 is 2.20 bits per heavy atom. The number of anilines is 1. The van der Waals surface area contributed by atoms with Crippen molar-refractivity contribution in [3.8, 4) is 5.75 Å². The van der Waals surface area contributed by atoms with Crippen molar-refractivity contribution in [2.75, 3.05) is 5.73 Å². The molecule has 2 N–H and O–H groups in total. The van der Waals surface area contributed by atoms with Gasteiger partial charge < -0.3 is 10.5 Å². The second kappa shape index (κ2) is 4.72. The van der Waals surface area contributed by atoms with Crippen molar-refractivity contribution in [3.05, 3.63) is 23.8 Å². The summed E-state index contributed by atoms with van der Waals surface area (Å²) in [6.45, 7) is -1.19. The largest absolute Gasteiger partial charge is 0.435 e. The summed E-state index contributed by atoms with van der Waals surface area (Å²) in [5, 5.41) is 0. The first-order valence-corrected chi connectivity index (χ1v) is 4.42. The Morgan fingerprint density at radius 1 is 1.53 bits per heavy atom. The molecule has 0 bridgehead atoms. The second-order valence-electron chi connectivity index (χ2n) is 2.90. The number of benzene rings is 1. The summed E-state index contributed by atoms with van der Waals surface area (Å²) < 4.78 is 27.8. The van der Waals surface area contributed by atoms with Crippen LogP contribution in [0.1, 0.15) is 23.7 Å². The van der Waals surface area contributed by atoms with Crippen LogP contribution in [0.5, 0.6) is 5.75 Å². The van der Waals surface area contributed by atoms with E-state index in [1.165, 1.54) is 18.2 Å². The van der Waals surface area contributed by atoms with E-state index in [0.717, 1.165) is 0 Å². The van der Waals surface area contributed by atoms with Crippen LogP contribution in [0.25, 0.3) is 0 Å². The minimum absolute atomic E-state index is 0.0462. The summed E-state index contributed by atoms with van der Waals surface area (Å²) >= 11 is 0. The molecular weight excluding hydrogens is 204 g/mol. The molecule has 1 aromatic carbocycles. The molecule has 82 valence electrons. The minimum Gasteiger partial charge on any atom is -0.435 e. The smallest absolute Gasteiger partial charge is 0.387 e. The summed E-state index contributed by atoms with van der Waals surface area (Å²) in [6, 6.07) is 3.90. The standard InChI is InChI=1S/C10H11F2NO2/c1-2-9(14)7-4-3-6(5-8(7)13)15-10(11)12/h3-5,10H,2,13H2,1H3. The fraction of sp³-hybridized carbons (Fsp3) is 0.300. The molecule has 0 aromatic heterocycles. The van der Waals surface area contributed by atoms with E-state index in [0.29, 0.717) is 12.0 Å². The van der Waals surface area contributed by atoms with Gasteiger partial charge in [0.05, 0.1) is 0 Å². The number of nitrogen functional groups attached to an aromatic ring is 1. The highest BCUT2D eigenvalue weighted by Crippen LogP contribution is 2.22. The van der Waals surface area contributed by atoms with E-state index in [2.05, 4.69) is 4.74 Å². The molecule has 0 spiro atoms. The molecule has 0 heterocycles. The SMILES string of the molecule is CCC(=O)c1ccc(OC(F)F)cc1N. The maximum atomic E-state index is 11.8. The van der Waals surface area contributed by atoms with Crippen molar-refractivity contribution < 1.29 is 18.3 Å². The molecule has 1 aromatic rings. The number of hydrogen-bond donors (Lipinski definition) is 1. The number of ketones is 1. The molecule has 0 fully saturated rings. The van der Waals surface area contributed by atoms with E-state index in [9.17, 15) is 13.6 Å². The Labute approximate surface area is 85.8 Å². The van der Waals surface area contributed by atoms with E-state index in [-0.39, 0.29) is 17.2 Å². The highest BCUT2D eigenvalue weighted by atomic mass is 19.3. The summed E-state index contributed by atoms with van der Waals surface area (Å²) in [7, 11) is 0. The molecule has 3 nitrogen and oxygen atoms in total. The normalized spacial score (nSPS) is 10.4. The summed E-state index contributed by atoms with van der Waals surface area (Å²) in [5.41, 5.74) is 6.01. The molecule has 0 saturated carbocycles. The molecule has 0 aliphatic carbocycles. The zero-order chi connectivity index (χ0) is 11.4. The first-order valence-electron chi connectivity index (χ1n) is 4.42. The average Bonchev–Trinajstić information content (AvgIpc) is 2.16. The van der Waals surface area contributed by atoms with Gasteiger partial charge in [0, 0.05) is 23.7 Å². The number of ether oxygens (including phenoxy) is 1. The van der Waals surface area contributed by atoms with Crippen LogP contribution >= 0.6 is 0 Å². The lowest BCUT2D eigenvalue weighted by atomic mass is 10.1. The number of hydrogen-bond acceptors (Lipinski definition) is 3. The molecule has 5 heteroatoms. The number of rotatable bonds is 4. The number of halogens is 2. The van der Waals surface area contributed by atoms with Crippen molar-refractivity contribution >= 4 is 11.5 Å². The van der Waals surface area contributed by atoms with E-state index in [4.69, 9.17) is 5.73 Å². The molecule has 15 heavy (non-hydrogen) atoms. The Kier molecular flexibility index (Phi) is 3.60. The van der Waals surface area contributed by atoms with E-state index in [1.807, 2.05) is 0 Å². The van der Waals surface area contributed by atoms with Crippen molar-refractivity contribution in [1.82, 2.24) is 0 Å². The van der Waals surface area contributed by atoms with Gasteiger partial charge >= 0.3 is 6.61 Å². The second-order valence-corrected chi connectivity index (χ2v) is 2.90. The summed E-state index contributed by atoms with van der Waals surface area (Å²) in [6.07, 6.45) is 0.319. The van der Waals surface area contributed by atoms with Crippen LogP contribution in [0.3, 0.4) is 0 Å². The van der Waals surface area contributed by atoms with Crippen LogP contribution in [-0.4, -0.2) is 12.4 Å². The highest BCUT2D eigenvalue weighted by Gasteiger charge is 2.10. The van der Waals surface area contributed by atoms with Gasteiger partial charge in [-0.2, -0.15) is 8.78 Å². The van der Waals surface area contributed by atoms with Crippen molar-refractivity contribution in [2.24, 2.45) is 0 Å². The van der Waals surface area contributed by atoms with Gasteiger partial charge in [-0.15, -0.1) is 0 Å². The van der Waals surface area contributed by atoms with Crippen molar-refractivity contribution in [3.63, 3.8) is 0 Å². The lowest BCUT2D eigenvalue weighted by Gasteiger charge is -2.07. The third kappa shape index (κ3) is 2.90. The minimum atomic E-state index is -2.89. The predicted octanol–water partition coefficient (Wildman–Crippen LogP) is 2.46. The van der Waals surface area contributed by atoms with Gasteiger partial charge in [-0.05, 0) is 12.1 Å². The zero-order valence-corrected chi connectivity index (χ0v) is 8.17. The molecule has 1 rings (SSSR count). The van der Waals surface area contributed by atoms with Crippen LogP contribution < -0.4 is 10.5 Å².